The van der Waals surface area contributed by atoms with Gasteiger partial charge in [0.05, 0.1) is 29.9 Å². The largest absolute Gasteiger partial charge is 0.369 e. The van der Waals surface area contributed by atoms with E-state index in [4.69, 9.17) is 18.0 Å². The number of benzene rings is 1. The quantitative estimate of drug-likeness (QED) is 0.104. The highest BCUT2D eigenvalue weighted by Crippen LogP contribution is 2.25. The molecule has 0 spiro atoms. The summed E-state index contributed by atoms with van der Waals surface area (Å²) < 4.78 is 0. The van der Waals surface area contributed by atoms with E-state index in [0.29, 0.717) is 24.4 Å². The number of nitriles is 1. The molecule has 0 bridgehead atoms. The Morgan fingerprint density at radius 1 is 1.24 bits per heavy atom. The van der Waals surface area contributed by atoms with Crippen LogP contribution in [0.3, 0.4) is 0 Å². The van der Waals surface area contributed by atoms with E-state index in [1.165, 1.54) is 29.7 Å². The third kappa shape index (κ3) is 10.9. The lowest BCUT2D eigenvalue weighted by atomic mass is 9.86. The van der Waals surface area contributed by atoms with Crippen LogP contribution in [0.25, 0.3) is 0 Å². The molecule has 5 N–H and O–H groups in total. The number of rotatable bonds is 9. The highest BCUT2D eigenvalue weighted by Gasteiger charge is 2.20. The summed E-state index contributed by atoms with van der Waals surface area (Å²) in [6.07, 6.45) is 15.1. The molecular formula is C33H44N8O. The summed E-state index contributed by atoms with van der Waals surface area (Å²) in [6, 6.07) is 13.9. The molecule has 222 valence electrons. The number of likely N-dealkylation sites (N-methyl/N-ethyl adjacent to an activating group) is 1. The number of hydrogen-bond acceptors (Lipinski definition) is 8. The number of nitrogens with two attached hydrogens (primary N) is 2. The van der Waals surface area contributed by atoms with Gasteiger partial charge in [-0.25, -0.2) is 5.84 Å². The van der Waals surface area contributed by atoms with E-state index in [2.05, 4.69) is 51.9 Å². The summed E-state index contributed by atoms with van der Waals surface area (Å²) in [5.41, 5.74) is 10.1. The summed E-state index contributed by atoms with van der Waals surface area (Å²) in [5, 5.41) is 13.3. The zero-order valence-electron chi connectivity index (χ0n) is 25.3. The SMILES string of the molecule is C#CN(N)C/C(C)=C\C=C(/C=C)C(=O)Nc1cccc(C(C)(C)C#N)c1.CN1CCCN(c2cncc(CN)c2)CC1. The van der Waals surface area contributed by atoms with Crippen molar-refractivity contribution < 1.29 is 4.79 Å². The number of carbonyl (C=O) groups excluding carboxylic acids is 1. The van der Waals surface area contributed by atoms with Crippen molar-refractivity contribution in [2.45, 2.75) is 39.2 Å². The van der Waals surface area contributed by atoms with Crippen LogP contribution >= 0.6 is 0 Å². The lowest BCUT2D eigenvalue weighted by Gasteiger charge is -2.22. The van der Waals surface area contributed by atoms with Crippen LogP contribution in [0.5, 0.6) is 0 Å². The van der Waals surface area contributed by atoms with Crippen LogP contribution in [-0.2, 0) is 16.8 Å². The molecule has 9 heteroatoms. The number of amides is 1. The molecule has 1 aromatic carbocycles. The maximum atomic E-state index is 12.5. The molecule has 1 aliphatic heterocycles. The molecule has 0 atom stereocenters. The van der Waals surface area contributed by atoms with E-state index in [-0.39, 0.29) is 5.91 Å². The molecule has 0 radical (unpaired) electrons. The Balaban J connectivity index is 0.000000327. The van der Waals surface area contributed by atoms with Crippen molar-refractivity contribution >= 4 is 17.3 Å². The van der Waals surface area contributed by atoms with E-state index in [1.807, 2.05) is 39.2 Å². The Bertz CT molecular complexity index is 1350. The summed E-state index contributed by atoms with van der Waals surface area (Å²) in [7, 11) is 2.18. The first kappa shape index (κ1) is 33.8. The molecule has 0 unspecified atom stereocenters. The van der Waals surface area contributed by atoms with Gasteiger partial charge >= 0.3 is 0 Å². The van der Waals surface area contributed by atoms with Crippen molar-refractivity contribution in [1.29, 1.82) is 5.26 Å². The number of pyridine rings is 1. The summed E-state index contributed by atoms with van der Waals surface area (Å²) in [6.45, 7) is 14.6. The van der Waals surface area contributed by atoms with Gasteiger partial charge in [0.2, 0.25) is 0 Å². The van der Waals surface area contributed by atoms with Crippen LogP contribution in [0.15, 0.2) is 78.7 Å². The Hall–Kier alpha value is -4.41. The maximum absolute atomic E-state index is 12.5. The molecule has 0 aliphatic carbocycles. The number of aromatic nitrogens is 1. The maximum Gasteiger partial charge on any atom is 0.255 e. The number of anilines is 2. The van der Waals surface area contributed by atoms with E-state index in [9.17, 15) is 10.1 Å². The van der Waals surface area contributed by atoms with Gasteiger partial charge in [0.15, 0.2) is 0 Å². The second kappa shape index (κ2) is 16.8. The second-order valence-corrected chi connectivity index (χ2v) is 10.8. The normalized spacial score (nSPS) is 14.4. The second-order valence-electron chi connectivity index (χ2n) is 10.8. The zero-order valence-corrected chi connectivity index (χ0v) is 25.3. The predicted octanol–water partition coefficient (Wildman–Crippen LogP) is 3.93. The number of nitrogens with zero attached hydrogens (tertiary/aromatic N) is 5. The van der Waals surface area contributed by atoms with Crippen LogP contribution in [0.4, 0.5) is 11.4 Å². The van der Waals surface area contributed by atoms with Crippen molar-refractivity contribution in [3.05, 3.63) is 89.8 Å². The number of terminal acetylenes is 1. The van der Waals surface area contributed by atoms with Gasteiger partial charge in [-0.2, -0.15) is 5.26 Å². The van der Waals surface area contributed by atoms with Gasteiger partial charge in [-0.3, -0.25) is 14.8 Å². The number of hydrazine groups is 1. The topological polar surface area (TPSA) is 128 Å². The first-order chi connectivity index (χ1) is 20.0. The first-order valence-electron chi connectivity index (χ1n) is 13.9. The molecule has 1 amide bonds. The summed E-state index contributed by atoms with van der Waals surface area (Å²) in [4.78, 5) is 21.5. The number of hydrogen-bond donors (Lipinski definition) is 3. The van der Waals surface area contributed by atoms with E-state index >= 15 is 0 Å². The first-order valence-corrected chi connectivity index (χ1v) is 13.9. The van der Waals surface area contributed by atoms with Gasteiger partial charge < -0.3 is 20.9 Å². The number of allylic oxidation sites excluding steroid dienone is 2. The minimum atomic E-state index is -0.636. The fourth-order valence-corrected chi connectivity index (χ4v) is 4.15. The van der Waals surface area contributed by atoms with Crippen LogP contribution < -0.4 is 21.8 Å². The average molecular weight is 569 g/mol. The fourth-order valence-electron chi connectivity index (χ4n) is 4.15. The molecule has 1 fully saturated rings. The van der Waals surface area contributed by atoms with Crippen molar-refractivity contribution in [3.63, 3.8) is 0 Å². The van der Waals surface area contributed by atoms with Crippen LogP contribution in [0.2, 0.25) is 0 Å². The smallest absolute Gasteiger partial charge is 0.255 e. The molecule has 1 saturated heterocycles. The van der Waals surface area contributed by atoms with E-state index in [0.717, 1.165) is 36.3 Å². The average Bonchev–Trinajstić information content (AvgIpc) is 3.22. The summed E-state index contributed by atoms with van der Waals surface area (Å²) in [5.74, 6) is 5.25. The summed E-state index contributed by atoms with van der Waals surface area (Å²) >= 11 is 0. The minimum Gasteiger partial charge on any atom is -0.369 e. The highest BCUT2D eigenvalue weighted by atomic mass is 16.1. The molecule has 2 aromatic rings. The molecule has 9 nitrogen and oxygen atoms in total. The number of nitrogens with one attached hydrogen (secondary N) is 1. The fraction of sp³-hybridized carbons (Fsp3) is 0.364. The van der Waals surface area contributed by atoms with Crippen LogP contribution in [0, 0.1) is 23.8 Å². The Labute approximate surface area is 251 Å². The van der Waals surface area contributed by atoms with Gasteiger partial charge in [0.25, 0.3) is 5.91 Å². The van der Waals surface area contributed by atoms with Crippen LogP contribution in [-0.4, -0.2) is 60.6 Å². The van der Waals surface area contributed by atoms with Crippen molar-refractivity contribution in [2.24, 2.45) is 11.6 Å². The Kier molecular flexibility index (Phi) is 13.5. The van der Waals surface area contributed by atoms with Crippen molar-refractivity contribution in [3.8, 4) is 18.5 Å². The highest BCUT2D eigenvalue weighted by molar-refractivity contribution is 6.05. The Morgan fingerprint density at radius 2 is 2.00 bits per heavy atom. The molecule has 0 saturated carbocycles. The molecule has 1 aliphatic rings. The molecule has 3 rings (SSSR count). The monoisotopic (exact) mass is 568 g/mol. The van der Waals surface area contributed by atoms with Crippen molar-refractivity contribution in [1.82, 2.24) is 14.9 Å². The molecule has 42 heavy (non-hydrogen) atoms. The van der Waals surface area contributed by atoms with Gasteiger partial charge in [0, 0.05) is 49.7 Å². The molecule has 2 heterocycles. The third-order valence-electron chi connectivity index (χ3n) is 6.84. The molecule has 1 aromatic heterocycles. The standard InChI is InChI=1S/C21H24N4O.C12H20N4/c1-6-17(12-11-16(3)14-25(23)7-2)20(26)24-19-10-8-9-18(13-19)21(4,5)15-22;1-15-3-2-4-16(6-5-15)12-7-11(8-13)9-14-10-12/h2,6,8-13H,1,14,23H2,3-5H3,(H,24,26);7,9-10H,2-6,8,13H2,1H3/b16-11-,17-12+;. The van der Waals surface area contributed by atoms with Crippen LogP contribution in [0.1, 0.15) is 38.3 Å². The van der Waals surface area contributed by atoms with Gasteiger partial charge in [-0.05, 0) is 76.2 Å². The predicted molar refractivity (Wildman–Crippen MR) is 172 cm³/mol. The third-order valence-corrected chi connectivity index (χ3v) is 6.84. The lowest BCUT2D eigenvalue weighted by molar-refractivity contribution is -0.112. The van der Waals surface area contributed by atoms with E-state index in [1.54, 1.807) is 30.4 Å². The van der Waals surface area contributed by atoms with Gasteiger partial charge in [0.1, 0.15) is 0 Å². The van der Waals surface area contributed by atoms with Crippen molar-refractivity contribution in [2.75, 3.05) is 50.0 Å². The molecular weight excluding hydrogens is 524 g/mol. The Morgan fingerprint density at radius 3 is 2.67 bits per heavy atom. The zero-order chi connectivity index (χ0) is 31.1. The van der Waals surface area contributed by atoms with Gasteiger partial charge in [-0.1, -0.05) is 42.9 Å². The van der Waals surface area contributed by atoms with E-state index < -0.39 is 5.41 Å². The lowest BCUT2D eigenvalue weighted by Crippen LogP contribution is -2.28. The van der Waals surface area contributed by atoms with Gasteiger partial charge in [-0.15, -0.1) is 0 Å². The minimum absolute atomic E-state index is 0.294. The number of carbonyl (C=O) groups is 1.